The number of hydrogen-bond acceptors (Lipinski definition) is 10. The van der Waals surface area contributed by atoms with Gasteiger partial charge in [-0.3, -0.25) is 24.6 Å². The molecule has 1 saturated heterocycles. The van der Waals surface area contributed by atoms with Gasteiger partial charge in [0.2, 0.25) is 18.1 Å². The minimum absolute atomic E-state index is 0.432. The van der Waals surface area contributed by atoms with Crippen LogP contribution in [0.4, 0.5) is 0 Å². The van der Waals surface area contributed by atoms with Gasteiger partial charge in [0.15, 0.2) is 12.2 Å². The van der Waals surface area contributed by atoms with Crippen LogP contribution in [0.2, 0.25) is 0 Å². The van der Waals surface area contributed by atoms with E-state index < -0.39 is 70.8 Å². The Bertz CT molecular complexity index is 698. The molecular formula is C16H21Cl3N2O9. The Morgan fingerprint density at radius 2 is 1.47 bits per heavy atom. The molecule has 0 aromatic carbocycles. The third-order valence-corrected chi connectivity index (χ3v) is 4.08. The molecule has 1 aliphatic rings. The zero-order valence-electron chi connectivity index (χ0n) is 16.4. The molecule has 0 radical (unpaired) electrons. The first-order chi connectivity index (χ1) is 13.7. The van der Waals surface area contributed by atoms with Crippen LogP contribution in [-0.4, -0.2) is 70.8 Å². The highest BCUT2D eigenvalue weighted by atomic mass is 35.6. The van der Waals surface area contributed by atoms with Gasteiger partial charge in [0, 0.05) is 27.7 Å². The van der Waals surface area contributed by atoms with Gasteiger partial charge in [-0.05, 0) is 0 Å². The number of ether oxygens (including phenoxy) is 5. The van der Waals surface area contributed by atoms with Crippen molar-refractivity contribution in [1.82, 2.24) is 5.32 Å². The van der Waals surface area contributed by atoms with E-state index in [0.717, 1.165) is 27.7 Å². The molecule has 0 bridgehead atoms. The monoisotopic (exact) mass is 490 g/mol. The van der Waals surface area contributed by atoms with E-state index in [1.165, 1.54) is 0 Å². The van der Waals surface area contributed by atoms with Crippen molar-refractivity contribution in [2.45, 2.75) is 62.1 Å². The second-order valence-corrected chi connectivity index (χ2v) is 8.45. The lowest BCUT2D eigenvalue weighted by atomic mass is 9.96. The quantitative estimate of drug-likeness (QED) is 0.182. The number of alkyl halides is 3. The molecule has 14 heteroatoms. The van der Waals surface area contributed by atoms with Crippen LogP contribution in [-0.2, 0) is 42.9 Å². The molecule has 11 nitrogen and oxygen atoms in total. The molecule has 1 rings (SSSR count). The number of amides is 1. The third kappa shape index (κ3) is 8.13. The van der Waals surface area contributed by atoms with Crippen LogP contribution in [0.15, 0.2) is 0 Å². The first-order valence-corrected chi connectivity index (χ1v) is 9.58. The molecular weight excluding hydrogens is 471 g/mol. The molecule has 1 unspecified atom stereocenters. The van der Waals surface area contributed by atoms with Crippen molar-refractivity contribution in [2.75, 3.05) is 6.61 Å². The Morgan fingerprint density at radius 1 is 0.933 bits per heavy atom. The number of halogens is 3. The predicted molar refractivity (Wildman–Crippen MR) is 103 cm³/mol. The Labute approximate surface area is 187 Å². The van der Waals surface area contributed by atoms with E-state index in [9.17, 15) is 19.2 Å². The van der Waals surface area contributed by atoms with Gasteiger partial charge in [-0.25, -0.2) is 0 Å². The van der Waals surface area contributed by atoms with Crippen LogP contribution in [0.3, 0.4) is 0 Å². The number of nitrogens with one attached hydrogen (secondary N) is 2. The minimum Gasteiger partial charge on any atom is -0.463 e. The zero-order chi connectivity index (χ0) is 23.2. The fourth-order valence-corrected chi connectivity index (χ4v) is 2.71. The summed E-state index contributed by atoms with van der Waals surface area (Å²) in [5.74, 6) is -3.65. The molecule has 2 N–H and O–H groups in total. The van der Waals surface area contributed by atoms with E-state index in [1.54, 1.807) is 0 Å². The molecule has 5 atom stereocenters. The predicted octanol–water partition coefficient (Wildman–Crippen LogP) is 1.01. The van der Waals surface area contributed by atoms with Gasteiger partial charge in [-0.2, -0.15) is 0 Å². The lowest BCUT2D eigenvalue weighted by Crippen LogP contribution is -2.67. The average molecular weight is 492 g/mol. The summed E-state index contributed by atoms with van der Waals surface area (Å²) in [6.07, 6.45) is -5.39. The van der Waals surface area contributed by atoms with Crippen LogP contribution >= 0.6 is 34.8 Å². The summed E-state index contributed by atoms with van der Waals surface area (Å²) >= 11 is 16.9. The smallest absolute Gasteiger partial charge is 0.303 e. The highest BCUT2D eigenvalue weighted by Crippen LogP contribution is 2.32. The number of carbonyl (C=O) groups excluding carboxylic acids is 4. The molecule has 0 aliphatic carbocycles. The van der Waals surface area contributed by atoms with E-state index in [-0.39, 0.29) is 0 Å². The molecule has 0 aromatic heterocycles. The third-order valence-electron chi connectivity index (χ3n) is 3.56. The highest BCUT2D eigenvalue weighted by molar-refractivity contribution is 6.76. The standard InChI is InChI=1S/C16H21Cl3N2O9/c1-6(22)21-11-13(28-9(4)25)12(27-8(3)24)10(5-26-7(2)23)29-14(11)30-15(20)16(17,18)19/h10-14,20H,5H2,1-4H3,(H,21,22)/t10-,11-,12+,13-,14?/m1/s1. The minimum atomic E-state index is -2.26. The first-order valence-electron chi connectivity index (χ1n) is 8.45. The maximum absolute atomic E-state index is 11.7. The van der Waals surface area contributed by atoms with Crippen LogP contribution in [0.1, 0.15) is 27.7 Å². The summed E-state index contributed by atoms with van der Waals surface area (Å²) in [4.78, 5) is 46.3. The van der Waals surface area contributed by atoms with Gasteiger partial charge in [0.05, 0.1) is 0 Å². The topological polar surface area (TPSA) is 150 Å². The lowest BCUT2D eigenvalue weighted by molar-refractivity contribution is -0.260. The Hall–Kier alpha value is -1.82. The second kappa shape index (κ2) is 11.0. The molecule has 1 aliphatic heterocycles. The largest absolute Gasteiger partial charge is 0.463 e. The number of esters is 3. The fraction of sp³-hybridized carbons (Fsp3) is 0.688. The molecule has 1 amide bonds. The summed E-state index contributed by atoms with van der Waals surface area (Å²) in [6.45, 7) is 4.06. The number of hydrogen-bond donors (Lipinski definition) is 2. The van der Waals surface area contributed by atoms with E-state index in [1.807, 2.05) is 0 Å². The SMILES string of the molecule is CC(=O)N[C@H]1C(OC(=N)C(Cl)(Cl)Cl)O[C@H](COC(C)=O)[C@H](OC(C)=O)[C@@H]1OC(C)=O. The van der Waals surface area contributed by atoms with Gasteiger partial charge in [0.1, 0.15) is 18.8 Å². The average Bonchev–Trinajstić information content (AvgIpc) is 2.56. The van der Waals surface area contributed by atoms with Gasteiger partial charge in [0.25, 0.3) is 3.79 Å². The van der Waals surface area contributed by atoms with Gasteiger partial charge >= 0.3 is 17.9 Å². The van der Waals surface area contributed by atoms with Gasteiger partial charge < -0.3 is 29.0 Å². The molecule has 170 valence electrons. The second-order valence-electron chi connectivity index (χ2n) is 6.16. The fourth-order valence-electron chi connectivity index (χ4n) is 2.57. The summed E-state index contributed by atoms with van der Waals surface area (Å²) in [6, 6.07) is -1.28. The van der Waals surface area contributed by atoms with Crippen molar-refractivity contribution < 1.29 is 42.9 Å². The molecule has 0 spiro atoms. The molecule has 1 heterocycles. The molecule has 30 heavy (non-hydrogen) atoms. The first kappa shape index (κ1) is 26.2. The summed E-state index contributed by atoms with van der Waals surface area (Å²) < 4.78 is 24.0. The summed E-state index contributed by atoms with van der Waals surface area (Å²) in [7, 11) is 0. The molecule has 0 saturated carbocycles. The lowest BCUT2D eigenvalue weighted by Gasteiger charge is -2.44. The van der Waals surface area contributed by atoms with Crippen molar-refractivity contribution >= 4 is 64.5 Å². The van der Waals surface area contributed by atoms with Gasteiger partial charge in [-0.15, -0.1) is 0 Å². The van der Waals surface area contributed by atoms with Crippen molar-refractivity contribution in [3.8, 4) is 0 Å². The zero-order valence-corrected chi connectivity index (χ0v) is 18.7. The highest BCUT2D eigenvalue weighted by Gasteiger charge is 2.52. The van der Waals surface area contributed by atoms with Crippen molar-refractivity contribution in [3.05, 3.63) is 0 Å². The van der Waals surface area contributed by atoms with Crippen molar-refractivity contribution in [3.63, 3.8) is 0 Å². The van der Waals surface area contributed by atoms with E-state index in [4.69, 9.17) is 63.9 Å². The maximum Gasteiger partial charge on any atom is 0.303 e. The summed E-state index contributed by atoms with van der Waals surface area (Å²) in [5, 5.41) is 10.2. The number of carbonyl (C=O) groups is 4. The number of rotatable bonds is 6. The summed E-state index contributed by atoms with van der Waals surface area (Å²) in [5.41, 5.74) is 0. The molecule has 0 aromatic rings. The Kier molecular flexibility index (Phi) is 9.60. The van der Waals surface area contributed by atoms with Crippen LogP contribution in [0.25, 0.3) is 0 Å². The maximum atomic E-state index is 11.7. The van der Waals surface area contributed by atoms with E-state index in [0.29, 0.717) is 0 Å². The van der Waals surface area contributed by atoms with Crippen LogP contribution in [0, 0.1) is 5.41 Å². The van der Waals surface area contributed by atoms with Gasteiger partial charge in [-0.1, -0.05) is 34.8 Å². The Morgan fingerprint density at radius 3 is 1.90 bits per heavy atom. The van der Waals surface area contributed by atoms with E-state index >= 15 is 0 Å². The van der Waals surface area contributed by atoms with Crippen molar-refractivity contribution in [2.24, 2.45) is 0 Å². The Balaban J connectivity index is 3.37. The van der Waals surface area contributed by atoms with Crippen molar-refractivity contribution in [1.29, 1.82) is 5.41 Å². The molecule has 1 fully saturated rings. The van der Waals surface area contributed by atoms with Crippen LogP contribution < -0.4 is 5.32 Å². The van der Waals surface area contributed by atoms with E-state index in [2.05, 4.69) is 5.32 Å². The van der Waals surface area contributed by atoms with Crippen LogP contribution in [0.5, 0.6) is 0 Å². The normalized spacial score (nSPS) is 26.2.